The molecule has 0 spiro atoms. The highest BCUT2D eigenvalue weighted by Crippen LogP contribution is 2.37. The van der Waals surface area contributed by atoms with Gasteiger partial charge >= 0.3 is 18.4 Å². The lowest BCUT2D eigenvalue weighted by molar-refractivity contribution is -0.143. The number of nitrogens with zero attached hydrogens (tertiary/aromatic N) is 3. The molecule has 206 valence electrons. The molecule has 0 saturated carbocycles. The van der Waals surface area contributed by atoms with Crippen molar-refractivity contribution in [2.24, 2.45) is 0 Å². The number of nitrogens with one attached hydrogen (secondary N) is 2. The summed E-state index contributed by atoms with van der Waals surface area (Å²) in [6.45, 7) is 6.03. The molecule has 38 heavy (non-hydrogen) atoms. The molecular weight excluding hydrogens is 516 g/mol. The van der Waals surface area contributed by atoms with Gasteiger partial charge in [-0.1, -0.05) is 12.1 Å². The molecule has 2 heterocycles. The number of piperazine rings is 1. The number of halogens is 6. The van der Waals surface area contributed by atoms with Crippen molar-refractivity contribution in [3.05, 3.63) is 59.2 Å². The minimum absolute atomic E-state index is 0.0236. The molecule has 0 radical (unpaired) electrons. The summed E-state index contributed by atoms with van der Waals surface area (Å²) in [4.78, 5) is 29.5. The molecular formula is C25H27F6N5O2. The Morgan fingerprint density at radius 3 is 1.87 bits per heavy atom. The van der Waals surface area contributed by atoms with Crippen LogP contribution in [-0.2, 0) is 23.7 Å². The number of carbonyl (C=O) groups is 2. The molecule has 2 N–H and O–H groups in total. The average Bonchev–Trinajstić information content (AvgIpc) is 2.79. The molecule has 2 aliphatic rings. The number of likely N-dealkylation sites (tertiary alicyclic amines) is 1. The number of urea groups is 1. The van der Waals surface area contributed by atoms with Crippen LogP contribution < -0.4 is 10.6 Å². The van der Waals surface area contributed by atoms with Gasteiger partial charge in [-0.05, 0) is 35.9 Å². The Kier molecular flexibility index (Phi) is 7.88. The van der Waals surface area contributed by atoms with Crippen LogP contribution in [0.3, 0.4) is 0 Å². The van der Waals surface area contributed by atoms with Crippen molar-refractivity contribution in [3.63, 3.8) is 0 Å². The van der Waals surface area contributed by atoms with Crippen LogP contribution in [0.25, 0.3) is 0 Å². The minimum atomic E-state index is -4.99. The summed E-state index contributed by atoms with van der Waals surface area (Å²) < 4.78 is 78.4. The summed E-state index contributed by atoms with van der Waals surface area (Å²) in [6, 6.07) is 7.98. The van der Waals surface area contributed by atoms with Gasteiger partial charge in [-0.3, -0.25) is 14.6 Å². The summed E-state index contributed by atoms with van der Waals surface area (Å²) in [5.74, 6) is -0.132. The largest absolute Gasteiger partial charge is 0.416 e. The second-order valence-corrected chi connectivity index (χ2v) is 9.47. The third-order valence-electron chi connectivity index (χ3n) is 6.59. The summed E-state index contributed by atoms with van der Waals surface area (Å²) in [7, 11) is 0. The monoisotopic (exact) mass is 543 g/mol. The molecule has 2 fully saturated rings. The lowest BCUT2D eigenvalue weighted by atomic mass is 10.1. The molecule has 0 aromatic heterocycles. The third kappa shape index (κ3) is 6.95. The van der Waals surface area contributed by atoms with E-state index < -0.39 is 35.2 Å². The molecule has 0 atom stereocenters. The van der Waals surface area contributed by atoms with Crippen molar-refractivity contribution < 1.29 is 35.9 Å². The van der Waals surface area contributed by atoms with Gasteiger partial charge in [0.15, 0.2) is 0 Å². The Morgan fingerprint density at radius 2 is 1.37 bits per heavy atom. The Bertz CT molecular complexity index is 1120. The van der Waals surface area contributed by atoms with Crippen molar-refractivity contribution in [3.8, 4) is 0 Å². The van der Waals surface area contributed by atoms with Crippen molar-refractivity contribution in [2.45, 2.75) is 31.9 Å². The molecule has 2 aliphatic heterocycles. The van der Waals surface area contributed by atoms with Crippen molar-refractivity contribution in [1.82, 2.24) is 14.7 Å². The molecule has 0 aliphatic carbocycles. The molecule has 2 aromatic carbocycles. The lowest BCUT2D eigenvalue weighted by Gasteiger charge is -2.48. The maximum atomic E-state index is 13.1. The van der Waals surface area contributed by atoms with Gasteiger partial charge in [-0.15, -0.1) is 0 Å². The summed E-state index contributed by atoms with van der Waals surface area (Å²) in [5.41, 5.74) is -1.67. The fourth-order valence-electron chi connectivity index (χ4n) is 4.52. The number of amides is 3. The van der Waals surface area contributed by atoms with Gasteiger partial charge in [-0.2, -0.15) is 26.3 Å². The molecule has 0 unspecified atom stereocenters. The van der Waals surface area contributed by atoms with Crippen molar-refractivity contribution >= 4 is 23.3 Å². The van der Waals surface area contributed by atoms with Crippen molar-refractivity contribution in [2.75, 3.05) is 49.9 Å². The average molecular weight is 544 g/mol. The Hall–Kier alpha value is -3.32. The highest BCUT2D eigenvalue weighted by molar-refractivity contribution is 5.90. The minimum Gasteiger partial charge on any atom is -0.326 e. The van der Waals surface area contributed by atoms with E-state index in [-0.39, 0.29) is 18.0 Å². The lowest BCUT2D eigenvalue weighted by Crippen LogP contribution is -2.64. The Balaban J connectivity index is 1.25. The Morgan fingerprint density at radius 1 is 0.816 bits per heavy atom. The predicted molar refractivity (Wildman–Crippen MR) is 128 cm³/mol. The summed E-state index contributed by atoms with van der Waals surface area (Å²) in [5, 5.41) is 4.90. The molecule has 2 aromatic rings. The SMILES string of the molecule is CC(=O)Nc1ccc(CN2CCN(C3CN(C(=O)Nc4cc(C(F)(F)F)cc(C(F)(F)F)c4)C3)CC2)cc1. The molecule has 13 heteroatoms. The van der Waals surface area contributed by atoms with Crippen LogP contribution in [0.5, 0.6) is 0 Å². The summed E-state index contributed by atoms with van der Waals surface area (Å²) in [6.07, 6.45) is -9.97. The van der Waals surface area contributed by atoms with E-state index in [0.717, 1.165) is 44.0 Å². The highest BCUT2D eigenvalue weighted by atomic mass is 19.4. The van der Waals surface area contributed by atoms with Crippen molar-refractivity contribution in [1.29, 1.82) is 0 Å². The maximum absolute atomic E-state index is 13.1. The third-order valence-corrected chi connectivity index (χ3v) is 6.59. The van der Waals surface area contributed by atoms with Gasteiger partial charge in [-0.25, -0.2) is 4.79 Å². The molecule has 4 rings (SSSR count). The first-order valence-corrected chi connectivity index (χ1v) is 12.0. The fourth-order valence-corrected chi connectivity index (χ4v) is 4.52. The topological polar surface area (TPSA) is 67.9 Å². The van der Waals surface area contributed by atoms with Crippen LogP contribution >= 0.6 is 0 Å². The van der Waals surface area contributed by atoms with Gasteiger partial charge < -0.3 is 15.5 Å². The Labute approximate surface area is 215 Å². The highest BCUT2D eigenvalue weighted by Gasteiger charge is 2.39. The second-order valence-electron chi connectivity index (χ2n) is 9.47. The van der Waals surface area contributed by atoms with E-state index in [9.17, 15) is 35.9 Å². The summed E-state index contributed by atoms with van der Waals surface area (Å²) >= 11 is 0. The van der Waals surface area contributed by atoms with Crippen LogP contribution in [0.2, 0.25) is 0 Å². The van der Waals surface area contributed by atoms with E-state index in [2.05, 4.69) is 20.4 Å². The zero-order chi connectivity index (χ0) is 27.7. The second kappa shape index (κ2) is 10.8. The van der Waals surface area contributed by atoms with Crippen LogP contribution in [0, 0.1) is 0 Å². The van der Waals surface area contributed by atoms with Gasteiger partial charge in [0.25, 0.3) is 0 Å². The van der Waals surface area contributed by atoms with Gasteiger partial charge in [0.05, 0.1) is 11.1 Å². The quantitative estimate of drug-likeness (QED) is 0.536. The van der Waals surface area contributed by atoms with E-state index in [4.69, 9.17) is 0 Å². The van der Waals surface area contributed by atoms with E-state index in [1.165, 1.54) is 11.8 Å². The predicted octanol–water partition coefficient (Wildman–Crippen LogP) is 4.72. The number of carbonyl (C=O) groups excluding carboxylic acids is 2. The molecule has 2 saturated heterocycles. The first-order chi connectivity index (χ1) is 17.8. The van der Waals surface area contributed by atoms with Gasteiger partial charge in [0.2, 0.25) is 5.91 Å². The van der Waals surface area contributed by atoms with E-state index in [1.807, 2.05) is 24.3 Å². The number of rotatable bonds is 5. The number of anilines is 2. The molecule has 3 amide bonds. The zero-order valence-corrected chi connectivity index (χ0v) is 20.5. The number of hydrogen-bond acceptors (Lipinski definition) is 4. The first-order valence-electron chi connectivity index (χ1n) is 12.0. The van der Waals surface area contributed by atoms with Gasteiger partial charge in [0, 0.05) is 70.2 Å². The maximum Gasteiger partial charge on any atom is 0.416 e. The molecule has 0 bridgehead atoms. The standard InChI is InChI=1S/C25H27F6N5O2/c1-16(37)32-20-4-2-17(3-5-20)13-34-6-8-35(9-7-34)22-14-36(15-22)23(38)33-21-11-18(24(26,27)28)10-19(12-21)25(29,30)31/h2-5,10-12,22H,6-9,13-15H2,1H3,(H,32,37)(H,33,38). The smallest absolute Gasteiger partial charge is 0.326 e. The van der Waals surface area contributed by atoms with E-state index in [0.29, 0.717) is 25.2 Å². The van der Waals surface area contributed by atoms with Crippen LogP contribution in [0.1, 0.15) is 23.6 Å². The van der Waals surface area contributed by atoms with E-state index >= 15 is 0 Å². The number of alkyl halides is 6. The number of hydrogen-bond donors (Lipinski definition) is 2. The molecule has 7 nitrogen and oxygen atoms in total. The van der Waals surface area contributed by atoms with Crippen LogP contribution in [-0.4, -0.2) is 71.9 Å². The van der Waals surface area contributed by atoms with Gasteiger partial charge in [0.1, 0.15) is 0 Å². The normalized spacial score (nSPS) is 17.7. The van der Waals surface area contributed by atoms with Crippen LogP contribution in [0.15, 0.2) is 42.5 Å². The fraction of sp³-hybridized carbons (Fsp3) is 0.440. The van der Waals surface area contributed by atoms with Crippen LogP contribution in [0.4, 0.5) is 42.5 Å². The first kappa shape index (κ1) is 27.7. The number of benzene rings is 2. The van der Waals surface area contributed by atoms with E-state index in [1.54, 1.807) is 0 Å². The zero-order valence-electron chi connectivity index (χ0n) is 20.5.